The van der Waals surface area contributed by atoms with E-state index in [2.05, 4.69) is 10.3 Å². The first-order valence-corrected chi connectivity index (χ1v) is 11.0. The van der Waals surface area contributed by atoms with Gasteiger partial charge in [-0.25, -0.2) is 14.5 Å². The summed E-state index contributed by atoms with van der Waals surface area (Å²) in [4.78, 5) is 31.4. The second kappa shape index (κ2) is 8.01. The smallest absolute Gasteiger partial charge is 0.407 e. The predicted molar refractivity (Wildman–Crippen MR) is 118 cm³/mol. The van der Waals surface area contributed by atoms with E-state index in [-0.39, 0.29) is 24.0 Å². The van der Waals surface area contributed by atoms with Crippen LogP contribution >= 0.6 is 0 Å². The molecule has 168 valence electrons. The van der Waals surface area contributed by atoms with Gasteiger partial charge < -0.3 is 20.2 Å². The van der Waals surface area contributed by atoms with Crippen molar-refractivity contribution < 1.29 is 14.7 Å². The summed E-state index contributed by atoms with van der Waals surface area (Å²) in [7, 11) is 0. The molecule has 1 saturated carbocycles. The van der Waals surface area contributed by atoms with E-state index in [1.807, 2.05) is 42.5 Å². The Morgan fingerprint density at radius 3 is 2.48 bits per heavy atom. The highest BCUT2D eigenvalue weighted by atomic mass is 16.4. The maximum atomic E-state index is 11.8. The van der Waals surface area contributed by atoms with Crippen molar-refractivity contribution in [2.24, 2.45) is 0 Å². The van der Waals surface area contributed by atoms with Crippen LogP contribution in [0.15, 0.2) is 18.3 Å². The van der Waals surface area contributed by atoms with Gasteiger partial charge in [0.15, 0.2) is 11.5 Å². The lowest BCUT2D eigenvalue weighted by Crippen LogP contribution is -2.56. The van der Waals surface area contributed by atoms with E-state index in [4.69, 9.17) is 5.10 Å². The molecule has 2 amide bonds. The molecule has 0 radical (unpaired) electrons. The molecule has 2 aromatic heterocycles. The largest absolute Gasteiger partial charge is 0.465 e. The molecule has 1 aliphatic heterocycles. The molecule has 2 aromatic rings. The van der Waals surface area contributed by atoms with Crippen molar-refractivity contribution in [2.75, 3.05) is 18.4 Å². The zero-order valence-electron chi connectivity index (χ0n) is 18.7. The zero-order valence-corrected chi connectivity index (χ0v) is 18.7. The first-order chi connectivity index (χ1) is 14.6. The van der Waals surface area contributed by atoms with Crippen LogP contribution in [-0.2, 0) is 4.79 Å². The number of carbonyl (C=O) groups excluding carboxylic acids is 1. The van der Waals surface area contributed by atoms with Crippen LogP contribution in [-0.4, -0.2) is 72.4 Å². The second-order valence-electron chi connectivity index (χ2n) is 9.69. The van der Waals surface area contributed by atoms with Crippen LogP contribution < -0.4 is 5.32 Å². The minimum absolute atomic E-state index is 0.0159. The van der Waals surface area contributed by atoms with Gasteiger partial charge in [-0.1, -0.05) is 0 Å². The molecule has 31 heavy (non-hydrogen) atoms. The van der Waals surface area contributed by atoms with Crippen LogP contribution in [0.25, 0.3) is 11.0 Å². The van der Waals surface area contributed by atoms with Crippen LogP contribution in [0, 0.1) is 0 Å². The van der Waals surface area contributed by atoms with Crippen molar-refractivity contribution in [1.82, 2.24) is 24.6 Å². The van der Waals surface area contributed by atoms with Gasteiger partial charge in [-0.3, -0.25) is 4.79 Å². The molecule has 1 aliphatic carbocycles. The Morgan fingerprint density at radius 2 is 1.90 bits per heavy atom. The van der Waals surface area contributed by atoms with Crippen molar-refractivity contribution >= 4 is 28.9 Å². The maximum Gasteiger partial charge on any atom is 0.407 e. The average Bonchev–Trinajstić information content (AvgIpc) is 3.01. The van der Waals surface area contributed by atoms with Crippen molar-refractivity contribution in [2.45, 2.75) is 77.0 Å². The van der Waals surface area contributed by atoms with E-state index < -0.39 is 11.6 Å². The second-order valence-corrected chi connectivity index (χ2v) is 9.69. The number of aromatic nitrogens is 3. The first-order valence-electron chi connectivity index (χ1n) is 11.0. The monoisotopic (exact) mass is 428 g/mol. The third-order valence-corrected chi connectivity index (χ3v) is 6.48. The van der Waals surface area contributed by atoms with E-state index in [1.54, 1.807) is 18.0 Å². The Kier molecular flexibility index (Phi) is 5.53. The number of likely N-dealkylation sites (tertiary alicyclic amines) is 1. The van der Waals surface area contributed by atoms with E-state index in [9.17, 15) is 14.7 Å². The lowest BCUT2D eigenvalue weighted by molar-refractivity contribution is -0.129. The van der Waals surface area contributed by atoms with Gasteiger partial charge in [0.05, 0.1) is 11.4 Å². The van der Waals surface area contributed by atoms with Gasteiger partial charge in [0.1, 0.15) is 0 Å². The Bertz CT molecular complexity index is 967. The standard InChI is InChI=1S/C22H32N6O3/c1-14(29)26-10-7-15(8-11-26)24-19-18-6-5-9-23-20(18)28(25-19)17-12-16(13-17)27(21(30)31)22(2,3)4/h5-6,9,15-17H,7-8,10-13H2,1-4H3,(H,24,25)(H,30,31)/t16-,17-. The minimum atomic E-state index is -0.876. The number of hydrogen-bond donors (Lipinski definition) is 2. The van der Waals surface area contributed by atoms with Crippen molar-refractivity contribution in [1.29, 1.82) is 0 Å². The Morgan fingerprint density at radius 1 is 1.23 bits per heavy atom. The highest BCUT2D eigenvalue weighted by Gasteiger charge is 2.43. The summed E-state index contributed by atoms with van der Waals surface area (Å²) in [5, 5.41) is 19.1. The highest BCUT2D eigenvalue weighted by Crippen LogP contribution is 2.40. The minimum Gasteiger partial charge on any atom is -0.465 e. The molecular weight excluding hydrogens is 396 g/mol. The number of fused-ring (bicyclic) bond motifs is 1. The summed E-state index contributed by atoms with van der Waals surface area (Å²) in [6.07, 6.45) is 4.13. The molecule has 9 heteroatoms. The van der Waals surface area contributed by atoms with Gasteiger partial charge in [-0.05, 0) is 58.6 Å². The molecule has 9 nitrogen and oxygen atoms in total. The van der Waals surface area contributed by atoms with Gasteiger partial charge in [-0.2, -0.15) is 5.10 Å². The molecule has 0 bridgehead atoms. The fourth-order valence-corrected chi connectivity index (χ4v) is 4.83. The molecule has 0 unspecified atom stereocenters. The number of anilines is 1. The van der Waals surface area contributed by atoms with E-state index >= 15 is 0 Å². The summed E-state index contributed by atoms with van der Waals surface area (Å²) in [6, 6.07) is 4.31. The third kappa shape index (κ3) is 4.18. The van der Waals surface area contributed by atoms with E-state index in [1.165, 1.54) is 0 Å². The normalized spacial score (nSPS) is 22.3. The molecule has 0 atom stereocenters. The van der Waals surface area contributed by atoms with Crippen LogP contribution in [0.1, 0.15) is 59.4 Å². The topological polar surface area (TPSA) is 104 Å². The lowest BCUT2D eigenvalue weighted by Gasteiger charge is -2.47. The molecule has 4 rings (SSSR count). The zero-order chi connectivity index (χ0) is 22.3. The summed E-state index contributed by atoms with van der Waals surface area (Å²) in [5.74, 6) is 0.946. The Balaban J connectivity index is 1.49. The van der Waals surface area contributed by atoms with Crippen molar-refractivity contribution in [3.8, 4) is 0 Å². The number of piperidine rings is 1. The molecule has 1 saturated heterocycles. The molecule has 0 spiro atoms. The molecular formula is C22H32N6O3. The Hall–Kier alpha value is -2.84. The van der Waals surface area contributed by atoms with Gasteiger partial charge in [-0.15, -0.1) is 0 Å². The number of carbonyl (C=O) groups is 2. The van der Waals surface area contributed by atoms with Crippen LogP contribution in [0.4, 0.5) is 10.6 Å². The van der Waals surface area contributed by atoms with Gasteiger partial charge in [0.2, 0.25) is 5.91 Å². The first kappa shape index (κ1) is 21.4. The molecule has 2 fully saturated rings. The molecule has 2 N–H and O–H groups in total. The number of pyridine rings is 1. The fourth-order valence-electron chi connectivity index (χ4n) is 4.83. The maximum absolute atomic E-state index is 11.8. The lowest BCUT2D eigenvalue weighted by atomic mass is 9.83. The fraction of sp³-hybridized carbons (Fsp3) is 0.636. The molecule has 3 heterocycles. The average molecular weight is 429 g/mol. The van der Waals surface area contributed by atoms with Gasteiger partial charge in [0, 0.05) is 43.8 Å². The number of amides is 2. The van der Waals surface area contributed by atoms with Crippen LogP contribution in [0.3, 0.4) is 0 Å². The summed E-state index contributed by atoms with van der Waals surface area (Å²) in [6.45, 7) is 8.92. The molecule has 0 aromatic carbocycles. The quantitative estimate of drug-likeness (QED) is 0.774. The predicted octanol–water partition coefficient (Wildman–Crippen LogP) is 3.34. The van der Waals surface area contributed by atoms with Gasteiger partial charge in [0.25, 0.3) is 0 Å². The summed E-state index contributed by atoms with van der Waals surface area (Å²) < 4.78 is 1.96. The van der Waals surface area contributed by atoms with E-state index in [0.29, 0.717) is 0 Å². The van der Waals surface area contributed by atoms with Crippen LogP contribution in [0.2, 0.25) is 0 Å². The summed E-state index contributed by atoms with van der Waals surface area (Å²) >= 11 is 0. The third-order valence-electron chi connectivity index (χ3n) is 6.48. The molecule has 2 aliphatic rings. The number of nitrogens with zero attached hydrogens (tertiary/aromatic N) is 5. The number of hydrogen-bond acceptors (Lipinski definition) is 5. The summed E-state index contributed by atoms with van der Waals surface area (Å²) in [5.41, 5.74) is 0.389. The number of carboxylic acid groups (broad SMARTS) is 1. The van der Waals surface area contributed by atoms with E-state index in [0.717, 1.165) is 55.6 Å². The van der Waals surface area contributed by atoms with Crippen molar-refractivity contribution in [3.05, 3.63) is 18.3 Å². The van der Waals surface area contributed by atoms with Gasteiger partial charge >= 0.3 is 6.09 Å². The number of rotatable bonds is 4. The van der Waals surface area contributed by atoms with Crippen LogP contribution in [0.5, 0.6) is 0 Å². The SMILES string of the molecule is CC(=O)N1CCC(Nc2nn([C@H]3C[C@H](N(C(=O)O)C(C)(C)C)C3)c3ncccc23)CC1. The van der Waals surface area contributed by atoms with Crippen molar-refractivity contribution in [3.63, 3.8) is 0 Å². The Labute approximate surface area is 182 Å². The highest BCUT2D eigenvalue weighted by molar-refractivity contribution is 5.87. The number of nitrogens with one attached hydrogen (secondary N) is 1.